The average Bonchev–Trinajstić information content (AvgIpc) is 2.23. The summed E-state index contributed by atoms with van der Waals surface area (Å²) in [6, 6.07) is 6.69. The first kappa shape index (κ1) is 12.3. The molecule has 0 aliphatic heterocycles. The maximum Gasteiger partial charge on any atom is -0.00903 e. The molecular formula is C15H23. The highest BCUT2D eigenvalue weighted by Crippen LogP contribution is 2.16. The Bertz CT molecular complexity index is 286. The largest absolute Gasteiger partial charge is 0.0654 e. The van der Waals surface area contributed by atoms with Crippen molar-refractivity contribution >= 4 is 0 Å². The van der Waals surface area contributed by atoms with Gasteiger partial charge in [0.05, 0.1) is 0 Å². The van der Waals surface area contributed by atoms with Gasteiger partial charge in [-0.2, -0.15) is 0 Å². The Morgan fingerprint density at radius 1 is 1.07 bits per heavy atom. The summed E-state index contributed by atoms with van der Waals surface area (Å²) in [6.45, 7) is 6.61. The third kappa shape index (κ3) is 4.51. The molecule has 1 aromatic rings. The van der Waals surface area contributed by atoms with Crippen LogP contribution < -0.4 is 0 Å². The molecule has 0 heterocycles. The fourth-order valence-corrected chi connectivity index (χ4v) is 1.81. The number of rotatable bonds is 6. The Morgan fingerprint density at radius 3 is 2.60 bits per heavy atom. The minimum Gasteiger partial charge on any atom is -0.0654 e. The molecule has 0 fully saturated rings. The third-order valence-corrected chi connectivity index (χ3v) is 2.86. The number of unbranched alkanes of at least 4 members (excludes halogenated alkanes) is 4. The molecule has 15 heavy (non-hydrogen) atoms. The molecule has 0 heteroatoms. The number of hydrogen-bond donors (Lipinski definition) is 0. The van der Waals surface area contributed by atoms with Gasteiger partial charge in [-0.1, -0.05) is 56.4 Å². The normalized spacial score (nSPS) is 10.6. The average molecular weight is 203 g/mol. The van der Waals surface area contributed by atoms with Crippen molar-refractivity contribution in [2.75, 3.05) is 0 Å². The summed E-state index contributed by atoms with van der Waals surface area (Å²) in [7, 11) is 0. The number of aryl methyl sites for hydroxylation is 2. The van der Waals surface area contributed by atoms with Crippen LogP contribution in [-0.2, 0) is 0 Å². The molecule has 0 nitrogen and oxygen atoms in total. The van der Waals surface area contributed by atoms with Crippen LogP contribution in [0.2, 0.25) is 0 Å². The summed E-state index contributed by atoms with van der Waals surface area (Å²) in [4.78, 5) is 0. The van der Waals surface area contributed by atoms with Gasteiger partial charge in [0.2, 0.25) is 0 Å². The Morgan fingerprint density at radius 2 is 1.87 bits per heavy atom. The van der Waals surface area contributed by atoms with Crippen LogP contribution >= 0.6 is 0 Å². The van der Waals surface area contributed by atoms with Crippen LogP contribution in [0.3, 0.4) is 0 Å². The zero-order valence-corrected chi connectivity index (χ0v) is 10.3. The molecule has 0 bridgehead atoms. The first-order valence-corrected chi connectivity index (χ1v) is 6.14. The van der Waals surface area contributed by atoms with Gasteiger partial charge in [-0.3, -0.25) is 0 Å². The molecule has 1 aromatic carbocycles. The molecule has 0 saturated heterocycles. The van der Waals surface area contributed by atoms with Crippen LogP contribution in [0.25, 0.3) is 0 Å². The van der Waals surface area contributed by atoms with Crippen molar-refractivity contribution in [2.45, 2.75) is 52.9 Å². The van der Waals surface area contributed by atoms with Gasteiger partial charge >= 0.3 is 0 Å². The van der Waals surface area contributed by atoms with Gasteiger partial charge in [0, 0.05) is 0 Å². The zero-order valence-electron chi connectivity index (χ0n) is 10.3. The number of hydrogen-bond acceptors (Lipinski definition) is 0. The topological polar surface area (TPSA) is 0 Å². The van der Waals surface area contributed by atoms with Crippen molar-refractivity contribution in [1.29, 1.82) is 0 Å². The van der Waals surface area contributed by atoms with Gasteiger partial charge in [0.15, 0.2) is 0 Å². The monoisotopic (exact) mass is 203 g/mol. The second-order valence-electron chi connectivity index (χ2n) is 4.41. The van der Waals surface area contributed by atoms with Gasteiger partial charge in [-0.05, 0) is 37.8 Å². The van der Waals surface area contributed by atoms with Crippen LogP contribution in [0.15, 0.2) is 18.2 Å². The highest BCUT2D eigenvalue weighted by Gasteiger charge is 1.98. The summed E-state index contributed by atoms with van der Waals surface area (Å²) >= 11 is 0. The van der Waals surface area contributed by atoms with Crippen LogP contribution in [0, 0.1) is 20.3 Å². The lowest BCUT2D eigenvalue weighted by atomic mass is 9.99. The van der Waals surface area contributed by atoms with E-state index in [1.807, 2.05) is 0 Å². The molecule has 0 N–H and O–H groups in total. The Labute approximate surface area is 94.7 Å². The molecule has 0 unspecified atom stereocenters. The van der Waals surface area contributed by atoms with Crippen LogP contribution in [0.4, 0.5) is 0 Å². The van der Waals surface area contributed by atoms with Crippen molar-refractivity contribution < 1.29 is 0 Å². The second kappa shape index (κ2) is 6.66. The zero-order chi connectivity index (χ0) is 11.1. The van der Waals surface area contributed by atoms with Crippen molar-refractivity contribution in [1.82, 2.24) is 0 Å². The van der Waals surface area contributed by atoms with Gasteiger partial charge in [-0.25, -0.2) is 0 Å². The summed E-state index contributed by atoms with van der Waals surface area (Å²) in [5, 5.41) is 0. The molecule has 0 saturated carbocycles. The summed E-state index contributed by atoms with van der Waals surface area (Å²) in [6.07, 6.45) is 9.02. The molecule has 0 aromatic heterocycles. The van der Waals surface area contributed by atoms with E-state index in [-0.39, 0.29) is 0 Å². The van der Waals surface area contributed by atoms with Crippen molar-refractivity contribution in [3.63, 3.8) is 0 Å². The van der Waals surface area contributed by atoms with Crippen molar-refractivity contribution in [3.8, 4) is 0 Å². The maximum absolute atomic E-state index is 2.39. The lowest BCUT2D eigenvalue weighted by Gasteiger charge is -2.06. The molecule has 1 rings (SSSR count). The van der Waals surface area contributed by atoms with Crippen LogP contribution in [0.1, 0.15) is 55.7 Å². The van der Waals surface area contributed by atoms with Crippen LogP contribution in [-0.4, -0.2) is 0 Å². The second-order valence-corrected chi connectivity index (χ2v) is 4.41. The molecule has 0 atom stereocenters. The lowest BCUT2D eigenvalue weighted by Crippen LogP contribution is -1.89. The van der Waals surface area contributed by atoms with Crippen molar-refractivity contribution in [2.24, 2.45) is 0 Å². The van der Waals surface area contributed by atoms with Gasteiger partial charge in [0.25, 0.3) is 0 Å². The predicted octanol–water partition coefficient (Wildman–Crippen LogP) is 4.83. The Balaban J connectivity index is 2.33. The quantitative estimate of drug-likeness (QED) is 0.581. The van der Waals surface area contributed by atoms with E-state index in [4.69, 9.17) is 0 Å². The molecule has 83 valence electrons. The highest BCUT2D eigenvalue weighted by molar-refractivity contribution is 5.35. The fraction of sp³-hybridized carbons (Fsp3) is 0.533. The third-order valence-electron chi connectivity index (χ3n) is 2.86. The molecular weight excluding hydrogens is 180 g/mol. The van der Waals surface area contributed by atoms with Crippen molar-refractivity contribution in [3.05, 3.63) is 41.3 Å². The minimum absolute atomic E-state index is 1.23. The standard InChI is InChI=1S/C15H23/c1-4-5-6-7-8-9-15-12-13(2)10-11-14(15)3/h9-12H,4-8H2,1-3H3. The van der Waals surface area contributed by atoms with Gasteiger partial charge < -0.3 is 0 Å². The fourth-order valence-electron chi connectivity index (χ4n) is 1.81. The van der Waals surface area contributed by atoms with E-state index in [9.17, 15) is 0 Å². The van der Waals surface area contributed by atoms with Gasteiger partial charge in [-0.15, -0.1) is 0 Å². The smallest absolute Gasteiger partial charge is 0.00903 e. The Hall–Kier alpha value is -0.780. The molecule has 1 radical (unpaired) electrons. The van der Waals surface area contributed by atoms with E-state index in [0.29, 0.717) is 0 Å². The molecule has 0 spiro atoms. The van der Waals surface area contributed by atoms with E-state index < -0.39 is 0 Å². The Kier molecular flexibility index (Phi) is 5.45. The van der Waals surface area contributed by atoms with E-state index >= 15 is 0 Å². The van der Waals surface area contributed by atoms with E-state index in [1.54, 1.807) is 0 Å². The summed E-state index contributed by atoms with van der Waals surface area (Å²) < 4.78 is 0. The number of benzene rings is 1. The first-order valence-electron chi connectivity index (χ1n) is 6.14. The predicted molar refractivity (Wildman–Crippen MR) is 68.1 cm³/mol. The minimum atomic E-state index is 1.23. The van der Waals surface area contributed by atoms with E-state index in [0.717, 1.165) is 0 Å². The molecule has 0 amide bonds. The summed E-state index contributed by atoms with van der Waals surface area (Å²) in [5.74, 6) is 0. The maximum atomic E-state index is 2.39. The van der Waals surface area contributed by atoms with E-state index in [1.165, 1.54) is 48.8 Å². The first-order chi connectivity index (χ1) is 7.24. The highest BCUT2D eigenvalue weighted by atomic mass is 14.0. The summed E-state index contributed by atoms with van der Waals surface area (Å²) in [5.41, 5.74) is 4.18. The SMILES string of the molecule is CCCCCC[CH]c1cc(C)ccc1C. The van der Waals surface area contributed by atoms with E-state index in [2.05, 4.69) is 45.4 Å². The molecule has 0 aliphatic rings. The van der Waals surface area contributed by atoms with Gasteiger partial charge in [0.1, 0.15) is 0 Å². The molecule has 0 aliphatic carbocycles. The van der Waals surface area contributed by atoms with Crippen LogP contribution in [0.5, 0.6) is 0 Å². The lowest BCUT2D eigenvalue weighted by molar-refractivity contribution is 0.665.